The molecule has 0 aliphatic carbocycles. The second kappa shape index (κ2) is 8.27. The van der Waals surface area contributed by atoms with Crippen molar-refractivity contribution in [2.24, 2.45) is 0 Å². The van der Waals surface area contributed by atoms with Gasteiger partial charge in [0, 0.05) is 39.8 Å². The van der Waals surface area contributed by atoms with E-state index in [0.29, 0.717) is 6.61 Å². The minimum absolute atomic E-state index is 0.682. The smallest absolute Gasteiger partial charge is 0.0713 e. The molecule has 1 aromatic rings. The number of rotatable bonds is 7. The van der Waals surface area contributed by atoms with Crippen LogP contribution in [0.3, 0.4) is 0 Å². The van der Waals surface area contributed by atoms with Gasteiger partial charge in [-0.1, -0.05) is 24.3 Å². The Bertz CT molecular complexity index is 365. The van der Waals surface area contributed by atoms with Crippen LogP contribution in [-0.2, 0) is 22.6 Å². The number of methoxy groups -OCH3 is 1. The highest BCUT2D eigenvalue weighted by atomic mass is 16.5. The van der Waals surface area contributed by atoms with Crippen molar-refractivity contribution < 1.29 is 9.47 Å². The summed E-state index contributed by atoms with van der Waals surface area (Å²) in [6, 6.07) is 8.54. The van der Waals surface area contributed by atoms with E-state index in [1.54, 1.807) is 7.11 Å². The van der Waals surface area contributed by atoms with Gasteiger partial charge in [0.15, 0.2) is 0 Å². The van der Waals surface area contributed by atoms with Crippen LogP contribution in [0.25, 0.3) is 0 Å². The number of hydrogen-bond acceptors (Lipinski definition) is 4. The first-order valence-corrected chi connectivity index (χ1v) is 6.96. The van der Waals surface area contributed by atoms with Gasteiger partial charge in [0.25, 0.3) is 0 Å². The van der Waals surface area contributed by atoms with Crippen molar-refractivity contribution in [3.63, 3.8) is 0 Å². The van der Waals surface area contributed by atoms with Crippen LogP contribution in [0, 0.1) is 0 Å². The van der Waals surface area contributed by atoms with Crippen molar-refractivity contribution in [1.29, 1.82) is 0 Å². The van der Waals surface area contributed by atoms with Crippen molar-refractivity contribution >= 4 is 0 Å². The molecule has 1 aromatic carbocycles. The van der Waals surface area contributed by atoms with Gasteiger partial charge in [0.05, 0.1) is 19.8 Å². The Morgan fingerprint density at radius 3 is 2.84 bits per heavy atom. The third-order valence-corrected chi connectivity index (χ3v) is 3.34. The van der Waals surface area contributed by atoms with E-state index < -0.39 is 0 Å². The van der Waals surface area contributed by atoms with Crippen LogP contribution in [0.1, 0.15) is 11.1 Å². The monoisotopic (exact) mass is 264 g/mol. The van der Waals surface area contributed by atoms with Crippen LogP contribution < -0.4 is 5.32 Å². The average Bonchev–Trinajstić information content (AvgIpc) is 2.46. The van der Waals surface area contributed by atoms with Gasteiger partial charge in [0.1, 0.15) is 0 Å². The van der Waals surface area contributed by atoms with Gasteiger partial charge in [-0.3, -0.25) is 4.90 Å². The number of morpholine rings is 1. The van der Waals surface area contributed by atoms with E-state index in [2.05, 4.69) is 34.5 Å². The fraction of sp³-hybridized carbons (Fsp3) is 0.600. The maximum atomic E-state index is 5.34. The normalized spacial score (nSPS) is 16.7. The molecule has 0 aromatic heterocycles. The molecule has 106 valence electrons. The second-order valence-corrected chi connectivity index (χ2v) is 4.88. The van der Waals surface area contributed by atoms with E-state index in [0.717, 1.165) is 45.9 Å². The van der Waals surface area contributed by atoms with E-state index in [1.165, 1.54) is 11.1 Å². The van der Waals surface area contributed by atoms with Crippen LogP contribution in [0.5, 0.6) is 0 Å². The average molecular weight is 264 g/mol. The van der Waals surface area contributed by atoms with Crippen LogP contribution >= 0.6 is 0 Å². The van der Waals surface area contributed by atoms with Crippen molar-refractivity contribution in [1.82, 2.24) is 10.2 Å². The molecule has 1 aliphatic heterocycles. The molecule has 1 aliphatic rings. The lowest BCUT2D eigenvalue weighted by Gasteiger charge is -2.26. The molecular weight excluding hydrogens is 240 g/mol. The lowest BCUT2D eigenvalue weighted by Crippen LogP contribution is -2.40. The molecule has 1 heterocycles. The quantitative estimate of drug-likeness (QED) is 0.752. The van der Waals surface area contributed by atoms with Gasteiger partial charge in [-0.05, 0) is 11.1 Å². The van der Waals surface area contributed by atoms with Crippen LogP contribution in [0.4, 0.5) is 0 Å². The third-order valence-electron chi connectivity index (χ3n) is 3.34. The molecular formula is C15H24N2O2. The SMILES string of the molecule is COCc1cccc(CNCCN2CCOCC2)c1. The summed E-state index contributed by atoms with van der Waals surface area (Å²) in [5.74, 6) is 0. The summed E-state index contributed by atoms with van der Waals surface area (Å²) in [6.07, 6.45) is 0. The zero-order valence-corrected chi connectivity index (χ0v) is 11.7. The van der Waals surface area contributed by atoms with E-state index in [1.807, 2.05) is 0 Å². The highest BCUT2D eigenvalue weighted by Crippen LogP contribution is 2.06. The largest absolute Gasteiger partial charge is 0.380 e. The maximum Gasteiger partial charge on any atom is 0.0713 e. The number of benzene rings is 1. The van der Waals surface area contributed by atoms with Crippen LogP contribution in [0.15, 0.2) is 24.3 Å². The second-order valence-electron chi connectivity index (χ2n) is 4.88. The van der Waals surface area contributed by atoms with Crippen LogP contribution in [0.2, 0.25) is 0 Å². The predicted octanol–water partition coefficient (Wildman–Crippen LogP) is 1.25. The first-order chi connectivity index (χ1) is 9.38. The van der Waals surface area contributed by atoms with Gasteiger partial charge in [0.2, 0.25) is 0 Å². The van der Waals surface area contributed by atoms with Gasteiger partial charge in [-0.15, -0.1) is 0 Å². The van der Waals surface area contributed by atoms with Crippen molar-refractivity contribution in [3.05, 3.63) is 35.4 Å². The lowest BCUT2D eigenvalue weighted by atomic mass is 10.1. The molecule has 1 N–H and O–H groups in total. The first kappa shape index (κ1) is 14.5. The fourth-order valence-corrected chi connectivity index (χ4v) is 2.29. The molecule has 4 nitrogen and oxygen atoms in total. The zero-order chi connectivity index (χ0) is 13.3. The molecule has 2 rings (SSSR count). The summed E-state index contributed by atoms with van der Waals surface area (Å²) in [6.45, 7) is 7.59. The highest BCUT2D eigenvalue weighted by molar-refractivity contribution is 5.22. The maximum absolute atomic E-state index is 5.34. The molecule has 19 heavy (non-hydrogen) atoms. The predicted molar refractivity (Wildman–Crippen MR) is 76.1 cm³/mol. The number of nitrogens with zero attached hydrogens (tertiary/aromatic N) is 1. The molecule has 0 amide bonds. The Kier molecular flexibility index (Phi) is 6.30. The molecule has 1 saturated heterocycles. The third kappa shape index (κ3) is 5.28. The Morgan fingerprint density at radius 2 is 2.05 bits per heavy atom. The molecule has 0 radical (unpaired) electrons. The van der Waals surface area contributed by atoms with E-state index in [-0.39, 0.29) is 0 Å². The first-order valence-electron chi connectivity index (χ1n) is 6.96. The molecule has 4 heteroatoms. The van der Waals surface area contributed by atoms with E-state index in [4.69, 9.17) is 9.47 Å². The number of ether oxygens (including phenoxy) is 2. The highest BCUT2D eigenvalue weighted by Gasteiger charge is 2.08. The number of hydrogen-bond donors (Lipinski definition) is 1. The Balaban J connectivity index is 1.65. The Morgan fingerprint density at radius 1 is 1.26 bits per heavy atom. The van der Waals surface area contributed by atoms with Gasteiger partial charge < -0.3 is 14.8 Å². The molecule has 0 saturated carbocycles. The van der Waals surface area contributed by atoms with Gasteiger partial charge >= 0.3 is 0 Å². The van der Waals surface area contributed by atoms with Gasteiger partial charge in [-0.2, -0.15) is 0 Å². The summed E-state index contributed by atoms with van der Waals surface area (Å²) in [5, 5.41) is 3.50. The Hall–Kier alpha value is -0.940. The Labute approximate surface area is 115 Å². The molecule has 0 spiro atoms. The van der Waals surface area contributed by atoms with E-state index >= 15 is 0 Å². The minimum Gasteiger partial charge on any atom is -0.380 e. The zero-order valence-electron chi connectivity index (χ0n) is 11.7. The summed E-state index contributed by atoms with van der Waals surface area (Å²) in [4.78, 5) is 2.44. The summed E-state index contributed by atoms with van der Waals surface area (Å²) >= 11 is 0. The van der Waals surface area contributed by atoms with Crippen molar-refractivity contribution in [2.45, 2.75) is 13.2 Å². The molecule has 0 unspecified atom stereocenters. The molecule has 0 bridgehead atoms. The molecule has 0 atom stereocenters. The number of nitrogens with one attached hydrogen (secondary N) is 1. The van der Waals surface area contributed by atoms with E-state index in [9.17, 15) is 0 Å². The van der Waals surface area contributed by atoms with Gasteiger partial charge in [-0.25, -0.2) is 0 Å². The van der Waals surface area contributed by atoms with Crippen molar-refractivity contribution in [3.8, 4) is 0 Å². The van der Waals surface area contributed by atoms with Crippen LogP contribution in [-0.4, -0.2) is 51.4 Å². The topological polar surface area (TPSA) is 33.7 Å². The standard InChI is InChI=1S/C15H24N2O2/c1-18-13-15-4-2-3-14(11-15)12-16-5-6-17-7-9-19-10-8-17/h2-4,11,16H,5-10,12-13H2,1H3. The molecule has 1 fully saturated rings. The summed E-state index contributed by atoms with van der Waals surface area (Å²) in [5.41, 5.74) is 2.55. The summed E-state index contributed by atoms with van der Waals surface area (Å²) in [7, 11) is 1.73. The summed E-state index contributed by atoms with van der Waals surface area (Å²) < 4.78 is 10.5. The lowest BCUT2D eigenvalue weighted by molar-refractivity contribution is 0.0384. The minimum atomic E-state index is 0.682. The van der Waals surface area contributed by atoms with Crippen molar-refractivity contribution in [2.75, 3.05) is 46.5 Å². The fourth-order valence-electron chi connectivity index (χ4n) is 2.29.